The molecule has 0 radical (unpaired) electrons. The normalized spacial score (nSPS) is 23.0. The zero-order chi connectivity index (χ0) is 20.8. The Kier molecular flexibility index (Phi) is 7.48. The number of hydrogen-bond donors (Lipinski definition) is 1. The molecule has 3 heterocycles. The van der Waals surface area contributed by atoms with Gasteiger partial charge in [0.05, 0.1) is 24.8 Å². The largest absolute Gasteiger partial charge is 0.490 e. The Morgan fingerprint density at radius 2 is 2.07 bits per heavy atom. The summed E-state index contributed by atoms with van der Waals surface area (Å²) in [7, 11) is 1.68. The summed E-state index contributed by atoms with van der Waals surface area (Å²) in [5.74, 6) is -1.45. The van der Waals surface area contributed by atoms with Gasteiger partial charge in [-0.15, -0.1) is 0 Å². The van der Waals surface area contributed by atoms with E-state index in [0.717, 1.165) is 57.7 Å². The van der Waals surface area contributed by atoms with Crippen LogP contribution in [0.15, 0.2) is 22.8 Å². The van der Waals surface area contributed by atoms with E-state index in [2.05, 4.69) is 4.90 Å². The van der Waals surface area contributed by atoms with E-state index < -0.39 is 12.1 Å². The third-order valence-corrected chi connectivity index (χ3v) is 5.02. The lowest BCUT2D eigenvalue weighted by Gasteiger charge is -2.38. The molecule has 0 aromatic carbocycles. The Bertz CT molecular complexity index is 650. The number of carbonyl (C=O) groups is 2. The number of rotatable bonds is 5. The van der Waals surface area contributed by atoms with Crippen molar-refractivity contribution in [3.05, 3.63) is 24.2 Å². The fourth-order valence-corrected chi connectivity index (χ4v) is 3.67. The van der Waals surface area contributed by atoms with Crippen LogP contribution in [0, 0.1) is 5.41 Å². The number of amides is 1. The smallest absolute Gasteiger partial charge is 0.475 e. The number of halogens is 3. The molecule has 10 heteroatoms. The predicted molar refractivity (Wildman–Crippen MR) is 92.4 cm³/mol. The Morgan fingerprint density at radius 1 is 1.36 bits per heavy atom. The van der Waals surface area contributed by atoms with Gasteiger partial charge in [-0.25, -0.2) is 4.79 Å². The fraction of sp³-hybridized carbons (Fsp3) is 0.667. The van der Waals surface area contributed by atoms with Crippen LogP contribution in [0.2, 0.25) is 0 Å². The molecule has 0 aliphatic carbocycles. The van der Waals surface area contributed by atoms with Crippen LogP contribution in [-0.2, 0) is 20.9 Å². The first-order valence-corrected chi connectivity index (χ1v) is 9.01. The number of carbonyl (C=O) groups excluding carboxylic acids is 1. The van der Waals surface area contributed by atoms with E-state index in [-0.39, 0.29) is 5.41 Å². The predicted octanol–water partition coefficient (Wildman–Crippen LogP) is 2.37. The van der Waals surface area contributed by atoms with Crippen LogP contribution in [0.5, 0.6) is 0 Å². The number of ether oxygens (including phenoxy) is 1. The highest BCUT2D eigenvalue weighted by Gasteiger charge is 2.48. The minimum Gasteiger partial charge on any atom is -0.475 e. The van der Waals surface area contributed by atoms with Gasteiger partial charge in [0.2, 0.25) is 5.91 Å². The Balaban J connectivity index is 0.000000345. The van der Waals surface area contributed by atoms with Crippen molar-refractivity contribution in [1.82, 2.24) is 9.80 Å². The van der Waals surface area contributed by atoms with Gasteiger partial charge in [-0.3, -0.25) is 9.69 Å². The van der Waals surface area contributed by atoms with E-state index in [0.29, 0.717) is 12.5 Å². The van der Waals surface area contributed by atoms with Crippen LogP contribution < -0.4 is 0 Å². The Labute approximate surface area is 161 Å². The number of nitrogens with zero attached hydrogens (tertiary/aromatic N) is 2. The van der Waals surface area contributed by atoms with Gasteiger partial charge in [-0.1, -0.05) is 0 Å². The van der Waals surface area contributed by atoms with Crippen molar-refractivity contribution in [2.24, 2.45) is 5.41 Å². The lowest BCUT2D eigenvalue weighted by molar-refractivity contribution is -0.192. The van der Waals surface area contributed by atoms with Gasteiger partial charge in [-0.05, 0) is 37.9 Å². The molecule has 158 valence electrons. The van der Waals surface area contributed by atoms with Crippen LogP contribution in [-0.4, -0.2) is 72.9 Å². The summed E-state index contributed by atoms with van der Waals surface area (Å²) in [6.07, 6.45) is -0.291. The quantitative estimate of drug-likeness (QED) is 0.809. The highest BCUT2D eigenvalue weighted by Crippen LogP contribution is 2.40. The summed E-state index contributed by atoms with van der Waals surface area (Å²) >= 11 is 0. The van der Waals surface area contributed by atoms with Crippen LogP contribution in [0.4, 0.5) is 13.2 Å². The molecule has 1 unspecified atom stereocenters. The van der Waals surface area contributed by atoms with Crippen molar-refractivity contribution in [2.75, 3.05) is 39.9 Å². The molecule has 1 N–H and O–H groups in total. The maximum atomic E-state index is 12.8. The molecule has 1 spiro atoms. The molecule has 3 rings (SSSR count). The van der Waals surface area contributed by atoms with Crippen LogP contribution in [0.1, 0.15) is 25.0 Å². The van der Waals surface area contributed by atoms with Gasteiger partial charge >= 0.3 is 12.1 Å². The second-order valence-electron chi connectivity index (χ2n) is 7.01. The lowest BCUT2D eigenvalue weighted by Crippen LogP contribution is -2.47. The van der Waals surface area contributed by atoms with Crippen molar-refractivity contribution in [3.63, 3.8) is 0 Å². The average molecular weight is 406 g/mol. The van der Waals surface area contributed by atoms with Crippen molar-refractivity contribution in [1.29, 1.82) is 0 Å². The average Bonchev–Trinajstić information content (AvgIpc) is 3.23. The topological polar surface area (TPSA) is 83.2 Å². The van der Waals surface area contributed by atoms with E-state index in [1.165, 1.54) is 0 Å². The number of hydrogen-bond acceptors (Lipinski definition) is 5. The summed E-state index contributed by atoms with van der Waals surface area (Å²) < 4.78 is 42.3. The first-order chi connectivity index (χ1) is 13.2. The monoisotopic (exact) mass is 406 g/mol. The molecule has 2 saturated heterocycles. The summed E-state index contributed by atoms with van der Waals surface area (Å²) in [5, 5.41) is 7.12. The third kappa shape index (κ3) is 5.71. The zero-order valence-electron chi connectivity index (χ0n) is 15.7. The number of furan rings is 1. The third-order valence-electron chi connectivity index (χ3n) is 5.02. The van der Waals surface area contributed by atoms with Gasteiger partial charge in [0.15, 0.2) is 0 Å². The zero-order valence-corrected chi connectivity index (χ0v) is 15.7. The van der Waals surface area contributed by atoms with Gasteiger partial charge in [0, 0.05) is 26.7 Å². The minimum atomic E-state index is -5.08. The molecule has 0 bridgehead atoms. The summed E-state index contributed by atoms with van der Waals surface area (Å²) in [6, 6.07) is 3.92. The molecule has 7 nitrogen and oxygen atoms in total. The van der Waals surface area contributed by atoms with E-state index in [1.54, 1.807) is 13.4 Å². The Hall–Kier alpha value is -2.07. The maximum Gasteiger partial charge on any atom is 0.490 e. The summed E-state index contributed by atoms with van der Waals surface area (Å²) in [5.41, 5.74) is -0.168. The second-order valence-corrected chi connectivity index (χ2v) is 7.01. The van der Waals surface area contributed by atoms with E-state index >= 15 is 0 Å². The van der Waals surface area contributed by atoms with E-state index in [9.17, 15) is 18.0 Å². The molecule has 1 atom stereocenters. The molecule has 1 aromatic heterocycles. The molecule has 1 amide bonds. The van der Waals surface area contributed by atoms with Gasteiger partial charge in [-0.2, -0.15) is 13.2 Å². The molecule has 0 saturated carbocycles. The van der Waals surface area contributed by atoms with Crippen molar-refractivity contribution in [3.8, 4) is 0 Å². The van der Waals surface area contributed by atoms with Crippen molar-refractivity contribution < 1.29 is 37.0 Å². The summed E-state index contributed by atoms with van der Waals surface area (Å²) in [4.78, 5) is 26.0. The fourth-order valence-electron chi connectivity index (χ4n) is 3.67. The second kappa shape index (κ2) is 9.42. The highest BCUT2D eigenvalue weighted by molar-refractivity contribution is 5.85. The van der Waals surface area contributed by atoms with Crippen LogP contribution in [0.25, 0.3) is 0 Å². The standard InChI is InChI=1S/C16H24N2O3.C2HF3O2/c1-20-11-9-18-8-6-16(15(18)19)5-3-7-17(13-16)12-14-4-2-10-21-14;3-2(4,5)1(6)7/h2,4,10H,3,5-9,11-13H2,1H3;(H,6,7). The van der Waals surface area contributed by atoms with Crippen molar-refractivity contribution >= 4 is 11.9 Å². The SMILES string of the molecule is COCCN1CCC2(CCCN(Cc3ccco3)C2)C1=O.O=C(O)C(F)(F)F. The lowest BCUT2D eigenvalue weighted by atomic mass is 9.78. The van der Waals surface area contributed by atoms with Crippen LogP contribution in [0.3, 0.4) is 0 Å². The maximum absolute atomic E-state index is 12.8. The number of likely N-dealkylation sites (tertiary alicyclic amines) is 2. The van der Waals surface area contributed by atoms with Crippen LogP contribution >= 0.6 is 0 Å². The number of alkyl halides is 3. The molecule has 2 fully saturated rings. The van der Waals surface area contributed by atoms with Gasteiger partial charge < -0.3 is 19.2 Å². The van der Waals surface area contributed by atoms with Gasteiger partial charge in [0.1, 0.15) is 5.76 Å². The molecule has 28 heavy (non-hydrogen) atoms. The highest BCUT2D eigenvalue weighted by atomic mass is 19.4. The summed E-state index contributed by atoms with van der Waals surface area (Å²) in [6.45, 7) is 4.92. The number of methoxy groups -OCH3 is 1. The first kappa shape index (κ1) is 22.2. The Morgan fingerprint density at radius 3 is 2.64 bits per heavy atom. The molecular formula is C18H25F3N2O5. The minimum absolute atomic E-state index is 0.168. The number of carboxylic acid groups (broad SMARTS) is 1. The molecular weight excluding hydrogens is 381 g/mol. The molecule has 1 aromatic rings. The van der Waals surface area contributed by atoms with E-state index in [1.807, 2.05) is 17.0 Å². The first-order valence-electron chi connectivity index (χ1n) is 9.01. The van der Waals surface area contributed by atoms with Gasteiger partial charge in [0.25, 0.3) is 0 Å². The number of piperidine rings is 1. The number of carboxylic acids is 1. The van der Waals surface area contributed by atoms with Crippen molar-refractivity contribution in [2.45, 2.75) is 32.0 Å². The molecule has 2 aliphatic rings. The van der Waals surface area contributed by atoms with E-state index in [4.69, 9.17) is 19.1 Å². The number of aliphatic carboxylic acids is 1. The molecule has 2 aliphatic heterocycles.